The highest BCUT2D eigenvalue weighted by Crippen LogP contribution is 2.30. The average molecular weight is 497 g/mol. The molecule has 37 heavy (non-hydrogen) atoms. The zero-order chi connectivity index (χ0) is 25.2. The van der Waals surface area contributed by atoms with Gasteiger partial charge in [-0.15, -0.1) is 0 Å². The maximum Gasteiger partial charge on any atom is 0.322 e. The highest BCUT2D eigenvalue weighted by atomic mass is 16.2. The van der Waals surface area contributed by atoms with Crippen LogP contribution in [0, 0.1) is 0 Å². The summed E-state index contributed by atoms with van der Waals surface area (Å²) in [5.41, 5.74) is 4.07. The summed E-state index contributed by atoms with van der Waals surface area (Å²) < 4.78 is 0. The molecule has 3 aromatic rings. The highest BCUT2D eigenvalue weighted by molar-refractivity contribution is 5.95. The van der Waals surface area contributed by atoms with Gasteiger partial charge in [-0.05, 0) is 73.1 Å². The largest absolute Gasteiger partial charge is 0.356 e. The Balaban J connectivity index is 1.06. The Morgan fingerprint density at radius 2 is 1.65 bits per heavy atom. The normalized spacial score (nSPS) is 18.9. The molecular formula is C29H32N6O2. The molecule has 8 heteroatoms. The lowest BCUT2D eigenvalue weighted by Gasteiger charge is -2.41. The van der Waals surface area contributed by atoms with Gasteiger partial charge in [0.05, 0.1) is 0 Å². The fourth-order valence-corrected chi connectivity index (χ4v) is 5.88. The fourth-order valence-electron chi connectivity index (χ4n) is 5.88. The van der Waals surface area contributed by atoms with E-state index in [1.807, 2.05) is 52.5 Å². The van der Waals surface area contributed by atoms with E-state index in [1.54, 1.807) is 6.20 Å². The van der Waals surface area contributed by atoms with E-state index in [9.17, 15) is 9.59 Å². The molecule has 0 radical (unpaired) electrons. The van der Waals surface area contributed by atoms with Crippen molar-refractivity contribution >= 4 is 23.4 Å². The zero-order valence-electron chi connectivity index (χ0n) is 20.9. The molecule has 0 spiro atoms. The van der Waals surface area contributed by atoms with Crippen molar-refractivity contribution in [2.24, 2.45) is 0 Å². The molecule has 2 fully saturated rings. The Morgan fingerprint density at radius 1 is 0.892 bits per heavy atom. The van der Waals surface area contributed by atoms with Crippen LogP contribution < -0.4 is 10.2 Å². The number of carbonyl (C=O) groups excluding carboxylic acids is 2. The van der Waals surface area contributed by atoms with Gasteiger partial charge in [0.15, 0.2) is 0 Å². The number of rotatable bonds is 4. The number of anilines is 2. The molecule has 3 amide bonds. The second-order valence-corrected chi connectivity index (χ2v) is 10.2. The number of hydrogen-bond donors (Lipinski definition) is 1. The molecule has 0 aliphatic carbocycles. The molecule has 0 saturated carbocycles. The molecule has 190 valence electrons. The minimum Gasteiger partial charge on any atom is -0.356 e. The van der Waals surface area contributed by atoms with Gasteiger partial charge in [-0.25, -0.2) is 9.78 Å². The number of nitrogens with one attached hydrogen (secondary N) is 1. The van der Waals surface area contributed by atoms with Gasteiger partial charge in [-0.2, -0.15) is 0 Å². The molecule has 6 rings (SSSR count). The zero-order valence-corrected chi connectivity index (χ0v) is 20.9. The summed E-state index contributed by atoms with van der Waals surface area (Å²) in [7, 11) is 0. The van der Waals surface area contributed by atoms with E-state index in [0.717, 1.165) is 68.9 Å². The number of pyridine rings is 2. The number of likely N-dealkylation sites (tertiary alicyclic amines) is 1. The van der Waals surface area contributed by atoms with E-state index in [2.05, 4.69) is 38.4 Å². The predicted molar refractivity (Wildman–Crippen MR) is 143 cm³/mol. The first kappa shape index (κ1) is 23.5. The lowest BCUT2D eigenvalue weighted by molar-refractivity contribution is 0.0713. The first-order valence-corrected chi connectivity index (χ1v) is 13.2. The number of carbonyl (C=O) groups is 2. The Labute approximate surface area is 217 Å². The third kappa shape index (κ3) is 4.88. The molecule has 0 atom stereocenters. The van der Waals surface area contributed by atoms with Crippen LogP contribution in [0.25, 0.3) is 0 Å². The Kier molecular flexibility index (Phi) is 6.47. The Morgan fingerprint density at radius 3 is 2.43 bits per heavy atom. The van der Waals surface area contributed by atoms with Gasteiger partial charge in [0.1, 0.15) is 5.82 Å². The van der Waals surface area contributed by atoms with Crippen molar-refractivity contribution in [2.45, 2.75) is 44.2 Å². The maximum absolute atomic E-state index is 13.3. The third-order valence-corrected chi connectivity index (χ3v) is 8.04. The summed E-state index contributed by atoms with van der Waals surface area (Å²) in [6.07, 6.45) is 9.11. The van der Waals surface area contributed by atoms with Crippen LogP contribution in [0.1, 0.15) is 53.1 Å². The van der Waals surface area contributed by atoms with Crippen LogP contribution in [0.15, 0.2) is 67.1 Å². The van der Waals surface area contributed by atoms with Crippen LogP contribution in [-0.2, 0) is 6.54 Å². The lowest BCUT2D eigenvalue weighted by atomic mass is 9.90. The number of fused-ring (bicyclic) bond motifs is 1. The van der Waals surface area contributed by atoms with Crippen LogP contribution in [0.3, 0.4) is 0 Å². The van der Waals surface area contributed by atoms with Gasteiger partial charge in [-0.3, -0.25) is 9.78 Å². The molecule has 3 aliphatic heterocycles. The monoisotopic (exact) mass is 496 g/mol. The van der Waals surface area contributed by atoms with Crippen LogP contribution in [0.2, 0.25) is 0 Å². The molecule has 0 bridgehead atoms. The maximum atomic E-state index is 13.3. The molecule has 1 N–H and O–H groups in total. The summed E-state index contributed by atoms with van der Waals surface area (Å²) in [6, 6.07) is 16.1. The number of amides is 3. The number of hydrogen-bond acceptors (Lipinski definition) is 5. The number of para-hydroxylation sites is 1. The molecule has 1 aromatic carbocycles. The number of urea groups is 1. The molecule has 8 nitrogen and oxygen atoms in total. The van der Waals surface area contributed by atoms with Crippen LogP contribution >= 0.6 is 0 Å². The van der Waals surface area contributed by atoms with E-state index in [1.165, 1.54) is 5.56 Å². The number of benzene rings is 1. The second kappa shape index (κ2) is 10.2. The first-order valence-electron chi connectivity index (χ1n) is 13.2. The van der Waals surface area contributed by atoms with Crippen molar-refractivity contribution in [3.8, 4) is 0 Å². The third-order valence-electron chi connectivity index (χ3n) is 8.04. The minimum atomic E-state index is -0.0180. The van der Waals surface area contributed by atoms with E-state index in [0.29, 0.717) is 18.0 Å². The highest BCUT2D eigenvalue weighted by Gasteiger charge is 2.32. The van der Waals surface area contributed by atoms with E-state index < -0.39 is 0 Å². The van der Waals surface area contributed by atoms with E-state index in [-0.39, 0.29) is 18.0 Å². The van der Waals surface area contributed by atoms with E-state index >= 15 is 0 Å². The number of piperidine rings is 2. The van der Waals surface area contributed by atoms with Crippen molar-refractivity contribution in [3.05, 3.63) is 83.8 Å². The lowest BCUT2D eigenvalue weighted by Crippen LogP contribution is -2.50. The summed E-state index contributed by atoms with van der Waals surface area (Å²) in [5, 5.41) is 3.03. The van der Waals surface area contributed by atoms with Crippen molar-refractivity contribution < 1.29 is 9.59 Å². The van der Waals surface area contributed by atoms with Crippen molar-refractivity contribution in [1.82, 2.24) is 19.8 Å². The minimum absolute atomic E-state index is 0.0180. The molecule has 5 heterocycles. The summed E-state index contributed by atoms with van der Waals surface area (Å²) >= 11 is 0. The van der Waals surface area contributed by atoms with Gasteiger partial charge in [0, 0.05) is 68.6 Å². The van der Waals surface area contributed by atoms with Crippen molar-refractivity contribution in [1.29, 1.82) is 0 Å². The van der Waals surface area contributed by atoms with Crippen molar-refractivity contribution in [2.75, 3.05) is 36.4 Å². The second-order valence-electron chi connectivity index (χ2n) is 10.2. The standard InChI is InChI=1S/C29H32N6O2/c36-28(34-15-8-22(9-16-34)21-5-12-30-13-6-21)23-7-14-31-27(19-23)33-17-10-25(11-18-33)35-20-24-3-1-2-4-26(24)32-29(35)37/h1-7,12-14,19,22,25H,8-11,15-18,20H2,(H,32,37). The molecular weight excluding hydrogens is 464 g/mol. The van der Waals surface area contributed by atoms with E-state index in [4.69, 9.17) is 0 Å². The smallest absolute Gasteiger partial charge is 0.322 e. The Bertz CT molecular complexity index is 1270. The first-order chi connectivity index (χ1) is 18.2. The molecule has 2 aromatic heterocycles. The molecule has 0 unspecified atom stereocenters. The molecule has 2 saturated heterocycles. The summed E-state index contributed by atoms with van der Waals surface area (Å²) in [6.45, 7) is 3.77. The topological polar surface area (TPSA) is 81.7 Å². The average Bonchev–Trinajstić information content (AvgIpc) is 2.97. The SMILES string of the molecule is O=C(c1ccnc(N2CCC(N3Cc4ccccc4NC3=O)CC2)c1)N1CCC(c2ccncc2)CC1. The van der Waals surface area contributed by atoms with Crippen molar-refractivity contribution in [3.63, 3.8) is 0 Å². The van der Waals surface area contributed by atoms with Crippen LogP contribution in [0.5, 0.6) is 0 Å². The summed E-state index contributed by atoms with van der Waals surface area (Å²) in [5.74, 6) is 1.40. The van der Waals surface area contributed by atoms with Gasteiger partial charge in [0.2, 0.25) is 0 Å². The van der Waals surface area contributed by atoms with Gasteiger partial charge >= 0.3 is 6.03 Å². The van der Waals surface area contributed by atoms with Crippen LogP contribution in [-0.4, -0.2) is 63.9 Å². The van der Waals surface area contributed by atoms with Crippen LogP contribution in [0.4, 0.5) is 16.3 Å². The summed E-state index contributed by atoms with van der Waals surface area (Å²) in [4.78, 5) is 40.9. The Hall–Kier alpha value is -3.94. The van der Waals surface area contributed by atoms with Gasteiger partial charge < -0.3 is 20.0 Å². The number of aromatic nitrogens is 2. The number of nitrogens with zero attached hydrogens (tertiary/aromatic N) is 5. The van der Waals surface area contributed by atoms with Gasteiger partial charge in [0.25, 0.3) is 5.91 Å². The molecule has 3 aliphatic rings. The quantitative estimate of drug-likeness (QED) is 0.575. The van der Waals surface area contributed by atoms with Gasteiger partial charge in [-0.1, -0.05) is 18.2 Å². The predicted octanol–water partition coefficient (Wildman–Crippen LogP) is 4.51. The fraction of sp³-hybridized carbons (Fsp3) is 0.379.